The molecule has 0 fully saturated rings. The van der Waals surface area contributed by atoms with E-state index < -0.39 is 6.04 Å². The quantitative estimate of drug-likeness (QED) is 0.388. The molecule has 3 rings (SSSR count). The van der Waals surface area contributed by atoms with Gasteiger partial charge in [-0.3, -0.25) is 9.59 Å². The second-order valence-corrected chi connectivity index (χ2v) is 8.52. The third-order valence-electron chi connectivity index (χ3n) is 5.58. The highest BCUT2D eigenvalue weighted by atomic mass is 35.5. The summed E-state index contributed by atoms with van der Waals surface area (Å²) in [6, 6.07) is 21.1. The zero-order valence-corrected chi connectivity index (χ0v) is 21.5. The number of amides is 2. The molecule has 0 spiro atoms. The summed E-state index contributed by atoms with van der Waals surface area (Å²) < 4.78 is 16.4. The Morgan fingerprint density at radius 2 is 1.50 bits per heavy atom. The summed E-state index contributed by atoms with van der Waals surface area (Å²) in [5, 5.41) is 3.47. The van der Waals surface area contributed by atoms with Crippen molar-refractivity contribution in [3.05, 3.63) is 88.9 Å². The van der Waals surface area contributed by atoms with E-state index in [1.165, 1.54) is 14.2 Å². The van der Waals surface area contributed by atoms with Gasteiger partial charge in [0.15, 0.2) is 6.61 Å². The highest BCUT2D eigenvalue weighted by Crippen LogP contribution is 2.27. The van der Waals surface area contributed by atoms with E-state index in [9.17, 15) is 9.59 Å². The van der Waals surface area contributed by atoms with E-state index in [1.807, 2.05) is 49.4 Å². The highest BCUT2D eigenvalue weighted by molar-refractivity contribution is 6.30. The number of rotatable bonds is 12. The molecule has 1 N–H and O–H groups in total. The van der Waals surface area contributed by atoms with E-state index >= 15 is 0 Å². The first-order valence-corrected chi connectivity index (χ1v) is 12.0. The van der Waals surface area contributed by atoms with Crippen LogP contribution in [0.5, 0.6) is 17.2 Å². The minimum atomic E-state index is -0.737. The minimum absolute atomic E-state index is 0.218. The lowest BCUT2D eigenvalue weighted by atomic mass is 10.0. The summed E-state index contributed by atoms with van der Waals surface area (Å²) in [5.74, 6) is 0.937. The fourth-order valence-electron chi connectivity index (χ4n) is 3.73. The lowest BCUT2D eigenvalue weighted by molar-refractivity contribution is -0.142. The first kappa shape index (κ1) is 26.9. The van der Waals surface area contributed by atoms with Gasteiger partial charge in [0.1, 0.15) is 23.3 Å². The number of hydrogen-bond acceptors (Lipinski definition) is 5. The molecule has 2 amide bonds. The molecular weight excluding hydrogens is 480 g/mol. The van der Waals surface area contributed by atoms with Gasteiger partial charge in [-0.2, -0.15) is 0 Å². The van der Waals surface area contributed by atoms with Crippen LogP contribution >= 0.6 is 11.6 Å². The number of halogens is 1. The van der Waals surface area contributed by atoms with E-state index in [1.54, 1.807) is 35.2 Å². The van der Waals surface area contributed by atoms with Crippen LogP contribution < -0.4 is 19.5 Å². The molecule has 0 aliphatic heterocycles. The van der Waals surface area contributed by atoms with Crippen LogP contribution in [0.1, 0.15) is 18.1 Å². The molecule has 3 aromatic carbocycles. The van der Waals surface area contributed by atoms with Gasteiger partial charge in [0, 0.05) is 42.7 Å². The first-order valence-electron chi connectivity index (χ1n) is 11.6. The normalized spacial score (nSPS) is 11.3. The number of nitrogens with zero attached hydrogens (tertiary/aromatic N) is 1. The van der Waals surface area contributed by atoms with Gasteiger partial charge < -0.3 is 24.4 Å². The number of carbonyl (C=O) groups is 2. The standard InChI is InChI=1S/C28H31ClN2O5/c1-4-30-28(33)26(14-20-8-6-5-7-9-20)31(18-21-10-12-22(29)13-11-21)27(32)19-36-25-16-23(34-2)15-24(17-25)35-3/h5-13,15-17,26H,4,14,18-19H2,1-3H3,(H,30,33)/t26-/m1/s1. The largest absolute Gasteiger partial charge is 0.496 e. The van der Waals surface area contributed by atoms with Crippen LogP contribution in [0.15, 0.2) is 72.8 Å². The Hall–Kier alpha value is -3.71. The number of nitrogens with one attached hydrogen (secondary N) is 1. The van der Waals surface area contributed by atoms with Crippen molar-refractivity contribution in [3.63, 3.8) is 0 Å². The average molecular weight is 511 g/mol. The van der Waals surface area contributed by atoms with Crippen LogP contribution in [0.25, 0.3) is 0 Å². The molecule has 0 unspecified atom stereocenters. The molecule has 0 aliphatic rings. The maximum atomic E-state index is 13.6. The van der Waals surface area contributed by atoms with E-state index in [0.717, 1.165) is 11.1 Å². The summed E-state index contributed by atoms with van der Waals surface area (Å²) >= 11 is 6.05. The Kier molecular flexibility index (Phi) is 10.0. The maximum Gasteiger partial charge on any atom is 0.261 e. The van der Waals surface area contributed by atoms with Crippen molar-refractivity contribution in [2.75, 3.05) is 27.4 Å². The molecule has 0 saturated carbocycles. The second kappa shape index (κ2) is 13.4. The number of carbonyl (C=O) groups excluding carboxylic acids is 2. The highest BCUT2D eigenvalue weighted by Gasteiger charge is 2.30. The predicted octanol–water partition coefficient (Wildman–Crippen LogP) is 4.51. The molecule has 0 bridgehead atoms. The molecule has 8 heteroatoms. The Morgan fingerprint density at radius 3 is 2.08 bits per heavy atom. The fourth-order valence-corrected chi connectivity index (χ4v) is 3.85. The zero-order chi connectivity index (χ0) is 25.9. The summed E-state index contributed by atoms with van der Waals surface area (Å²) in [4.78, 5) is 28.3. The molecule has 0 saturated heterocycles. The molecule has 190 valence electrons. The Balaban J connectivity index is 1.89. The van der Waals surface area contributed by atoms with E-state index in [2.05, 4.69) is 5.32 Å². The fraction of sp³-hybridized carbons (Fsp3) is 0.286. The van der Waals surface area contributed by atoms with E-state index in [0.29, 0.717) is 35.2 Å². The second-order valence-electron chi connectivity index (χ2n) is 8.09. The molecule has 3 aromatic rings. The number of hydrogen-bond donors (Lipinski definition) is 1. The number of benzene rings is 3. The smallest absolute Gasteiger partial charge is 0.261 e. The third kappa shape index (κ3) is 7.65. The Bertz CT molecular complexity index is 1120. The number of methoxy groups -OCH3 is 2. The first-order chi connectivity index (χ1) is 17.4. The Labute approximate surface area is 216 Å². The van der Waals surface area contributed by atoms with Crippen molar-refractivity contribution in [1.82, 2.24) is 10.2 Å². The van der Waals surface area contributed by atoms with Crippen molar-refractivity contribution >= 4 is 23.4 Å². The predicted molar refractivity (Wildman–Crippen MR) is 140 cm³/mol. The van der Waals surface area contributed by atoms with Gasteiger partial charge in [0.05, 0.1) is 14.2 Å². The molecular formula is C28H31ClN2O5. The molecule has 36 heavy (non-hydrogen) atoms. The van der Waals surface area contributed by atoms with Gasteiger partial charge >= 0.3 is 0 Å². The minimum Gasteiger partial charge on any atom is -0.496 e. The topological polar surface area (TPSA) is 77.1 Å². The Morgan fingerprint density at radius 1 is 0.889 bits per heavy atom. The van der Waals surface area contributed by atoms with Crippen LogP contribution in [0.4, 0.5) is 0 Å². The van der Waals surface area contributed by atoms with E-state index in [-0.39, 0.29) is 25.0 Å². The van der Waals surface area contributed by atoms with Gasteiger partial charge in [0.25, 0.3) is 5.91 Å². The van der Waals surface area contributed by atoms with Gasteiger partial charge in [-0.1, -0.05) is 54.1 Å². The maximum absolute atomic E-state index is 13.6. The van der Waals surface area contributed by atoms with Crippen LogP contribution in [0, 0.1) is 0 Å². The SMILES string of the molecule is CCNC(=O)[C@@H](Cc1ccccc1)N(Cc1ccc(Cl)cc1)C(=O)COc1cc(OC)cc(OC)c1. The van der Waals surface area contributed by atoms with Crippen molar-refractivity contribution in [2.24, 2.45) is 0 Å². The molecule has 7 nitrogen and oxygen atoms in total. The average Bonchev–Trinajstić information content (AvgIpc) is 2.90. The van der Waals surface area contributed by atoms with Gasteiger partial charge in [-0.25, -0.2) is 0 Å². The summed E-state index contributed by atoms with van der Waals surface area (Å²) in [5.41, 5.74) is 1.79. The van der Waals surface area contributed by atoms with Crippen LogP contribution in [0.3, 0.4) is 0 Å². The van der Waals surface area contributed by atoms with Crippen molar-refractivity contribution in [2.45, 2.75) is 25.9 Å². The van der Waals surface area contributed by atoms with Crippen LogP contribution in [-0.2, 0) is 22.6 Å². The number of likely N-dealkylation sites (N-methyl/N-ethyl adjacent to an activating group) is 1. The summed E-state index contributed by atoms with van der Waals surface area (Å²) in [6.07, 6.45) is 0.360. The van der Waals surface area contributed by atoms with E-state index in [4.69, 9.17) is 25.8 Å². The molecule has 0 heterocycles. The molecule has 0 radical (unpaired) electrons. The molecule has 1 atom stereocenters. The molecule has 0 aromatic heterocycles. The van der Waals surface area contributed by atoms with Gasteiger partial charge in [0.2, 0.25) is 5.91 Å². The van der Waals surface area contributed by atoms with Crippen molar-refractivity contribution < 1.29 is 23.8 Å². The third-order valence-corrected chi connectivity index (χ3v) is 5.83. The lowest BCUT2D eigenvalue weighted by Crippen LogP contribution is -2.51. The van der Waals surface area contributed by atoms with Crippen LogP contribution in [-0.4, -0.2) is 50.1 Å². The van der Waals surface area contributed by atoms with Crippen molar-refractivity contribution in [1.29, 1.82) is 0 Å². The number of ether oxygens (including phenoxy) is 3. The monoisotopic (exact) mass is 510 g/mol. The lowest BCUT2D eigenvalue weighted by Gasteiger charge is -2.31. The zero-order valence-electron chi connectivity index (χ0n) is 20.7. The van der Waals surface area contributed by atoms with Gasteiger partial charge in [-0.15, -0.1) is 0 Å². The van der Waals surface area contributed by atoms with Gasteiger partial charge in [-0.05, 0) is 30.2 Å². The van der Waals surface area contributed by atoms with Crippen LogP contribution in [0.2, 0.25) is 5.02 Å². The molecule has 0 aliphatic carbocycles. The van der Waals surface area contributed by atoms with Crippen molar-refractivity contribution in [3.8, 4) is 17.2 Å². The summed E-state index contributed by atoms with van der Waals surface area (Å²) in [7, 11) is 3.08. The summed E-state index contributed by atoms with van der Waals surface area (Å²) in [6.45, 7) is 2.25.